The second-order valence-electron chi connectivity index (χ2n) is 4.63. The minimum atomic E-state index is -0.232. The topological polar surface area (TPSA) is 58.2 Å². The van der Waals surface area contributed by atoms with Crippen molar-refractivity contribution in [2.75, 3.05) is 13.1 Å². The van der Waals surface area contributed by atoms with Crippen LogP contribution in [0.15, 0.2) is 54.2 Å². The molecule has 0 spiro atoms. The van der Waals surface area contributed by atoms with E-state index in [0.717, 1.165) is 10.8 Å². The summed E-state index contributed by atoms with van der Waals surface area (Å²) in [5.41, 5.74) is 0.935. The van der Waals surface area contributed by atoms with Crippen LogP contribution < -0.4 is 10.6 Å². The summed E-state index contributed by atoms with van der Waals surface area (Å²) in [6.45, 7) is 1.22. The molecular weight excluding hydrogens is 252 g/mol. The summed E-state index contributed by atoms with van der Waals surface area (Å²) in [4.78, 5) is 24.0. The number of hydrogen-bond acceptors (Lipinski definition) is 3. The summed E-state index contributed by atoms with van der Waals surface area (Å²) in [7, 11) is 0. The molecule has 0 bridgehead atoms. The summed E-state index contributed by atoms with van der Waals surface area (Å²) >= 11 is 0. The molecule has 100 valence electrons. The number of piperazine rings is 1. The molecule has 1 aliphatic heterocycles. The van der Waals surface area contributed by atoms with Gasteiger partial charge in [-0.3, -0.25) is 9.59 Å². The lowest BCUT2D eigenvalue weighted by Crippen LogP contribution is -2.43. The standard InChI is InChI=1S/C16H14N2O2/c19-15(10-14-16(20)18-9-8-17-14)13-7-3-5-11-4-1-2-6-12(11)13/h1-7,10,17H,8-9H2,(H,18,20)/b14-10+. The molecule has 20 heavy (non-hydrogen) atoms. The van der Waals surface area contributed by atoms with Crippen LogP contribution in [0.3, 0.4) is 0 Å². The number of rotatable bonds is 2. The highest BCUT2D eigenvalue weighted by Crippen LogP contribution is 2.19. The van der Waals surface area contributed by atoms with Crippen molar-refractivity contribution >= 4 is 22.5 Å². The number of hydrogen-bond donors (Lipinski definition) is 2. The molecule has 0 aromatic heterocycles. The number of nitrogens with one attached hydrogen (secondary N) is 2. The molecule has 0 atom stereocenters. The fourth-order valence-corrected chi connectivity index (χ4v) is 2.31. The molecule has 4 nitrogen and oxygen atoms in total. The molecule has 1 amide bonds. The van der Waals surface area contributed by atoms with Gasteiger partial charge in [-0.25, -0.2) is 0 Å². The number of ketones is 1. The zero-order valence-corrected chi connectivity index (χ0v) is 10.8. The van der Waals surface area contributed by atoms with Gasteiger partial charge in [-0.2, -0.15) is 0 Å². The predicted octanol–water partition coefficient (Wildman–Crippen LogP) is 1.63. The third-order valence-electron chi connectivity index (χ3n) is 3.30. The summed E-state index contributed by atoms with van der Waals surface area (Å²) < 4.78 is 0. The van der Waals surface area contributed by atoms with Gasteiger partial charge in [0.15, 0.2) is 5.78 Å². The van der Waals surface area contributed by atoms with Crippen molar-refractivity contribution in [2.24, 2.45) is 0 Å². The highest BCUT2D eigenvalue weighted by Gasteiger charge is 2.16. The number of benzene rings is 2. The van der Waals surface area contributed by atoms with E-state index >= 15 is 0 Å². The van der Waals surface area contributed by atoms with Crippen LogP contribution in [-0.2, 0) is 4.79 Å². The van der Waals surface area contributed by atoms with Gasteiger partial charge in [0, 0.05) is 24.7 Å². The van der Waals surface area contributed by atoms with E-state index in [4.69, 9.17) is 0 Å². The number of fused-ring (bicyclic) bond motifs is 1. The van der Waals surface area contributed by atoms with Crippen molar-refractivity contribution in [1.82, 2.24) is 10.6 Å². The number of allylic oxidation sites excluding steroid dienone is 1. The van der Waals surface area contributed by atoms with Crippen LogP contribution in [0.1, 0.15) is 10.4 Å². The van der Waals surface area contributed by atoms with Crippen LogP contribution in [-0.4, -0.2) is 24.8 Å². The lowest BCUT2D eigenvalue weighted by molar-refractivity contribution is -0.118. The van der Waals surface area contributed by atoms with Crippen molar-refractivity contribution in [3.63, 3.8) is 0 Å². The lowest BCUT2D eigenvalue weighted by Gasteiger charge is -2.16. The van der Waals surface area contributed by atoms with Crippen molar-refractivity contribution in [2.45, 2.75) is 0 Å². The SMILES string of the molecule is O=C1NCCN/C1=C/C(=O)c1cccc2ccccc12. The van der Waals surface area contributed by atoms with E-state index in [1.807, 2.05) is 36.4 Å². The van der Waals surface area contributed by atoms with Crippen LogP contribution in [0.5, 0.6) is 0 Å². The lowest BCUT2D eigenvalue weighted by atomic mass is 10.0. The molecule has 0 aliphatic carbocycles. The molecule has 1 aliphatic rings. The van der Waals surface area contributed by atoms with Crippen molar-refractivity contribution in [3.8, 4) is 0 Å². The first-order valence-electron chi connectivity index (χ1n) is 6.51. The number of carbonyl (C=O) groups is 2. The molecule has 4 heteroatoms. The zero-order valence-electron chi connectivity index (χ0n) is 10.8. The van der Waals surface area contributed by atoms with Gasteiger partial charge >= 0.3 is 0 Å². The van der Waals surface area contributed by atoms with E-state index in [-0.39, 0.29) is 11.7 Å². The molecule has 1 heterocycles. The van der Waals surface area contributed by atoms with Crippen LogP contribution in [0.25, 0.3) is 10.8 Å². The van der Waals surface area contributed by atoms with Gasteiger partial charge in [0.05, 0.1) is 0 Å². The summed E-state index contributed by atoms with van der Waals surface area (Å²) in [5, 5.41) is 7.56. The molecule has 2 N–H and O–H groups in total. The monoisotopic (exact) mass is 266 g/mol. The molecule has 0 unspecified atom stereocenters. The van der Waals surface area contributed by atoms with Gasteiger partial charge in [-0.1, -0.05) is 42.5 Å². The molecule has 0 radical (unpaired) electrons. The molecule has 2 aromatic carbocycles. The highest BCUT2D eigenvalue weighted by atomic mass is 16.2. The maximum absolute atomic E-state index is 12.4. The van der Waals surface area contributed by atoms with Gasteiger partial charge in [-0.15, -0.1) is 0 Å². The predicted molar refractivity (Wildman–Crippen MR) is 77.4 cm³/mol. The molecule has 2 aromatic rings. The van der Waals surface area contributed by atoms with E-state index in [1.165, 1.54) is 6.08 Å². The minimum absolute atomic E-state index is 0.165. The molecule has 1 saturated heterocycles. The van der Waals surface area contributed by atoms with Crippen molar-refractivity contribution < 1.29 is 9.59 Å². The third-order valence-corrected chi connectivity index (χ3v) is 3.30. The van der Waals surface area contributed by atoms with Crippen LogP contribution in [0.2, 0.25) is 0 Å². The Morgan fingerprint density at radius 1 is 1.00 bits per heavy atom. The Bertz CT molecular complexity index is 714. The van der Waals surface area contributed by atoms with Gasteiger partial charge in [0.2, 0.25) is 0 Å². The molecule has 3 rings (SSSR count). The average Bonchev–Trinajstić information content (AvgIpc) is 2.49. The van der Waals surface area contributed by atoms with Crippen LogP contribution in [0, 0.1) is 0 Å². The molecular formula is C16H14N2O2. The van der Waals surface area contributed by atoms with E-state index < -0.39 is 0 Å². The number of amides is 1. The Labute approximate surface area is 116 Å². The number of carbonyl (C=O) groups excluding carboxylic acids is 2. The van der Waals surface area contributed by atoms with Crippen LogP contribution in [0.4, 0.5) is 0 Å². The van der Waals surface area contributed by atoms with Crippen LogP contribution >= 0.6 is 0 Å². The molecule has 0 saturated carbocycles. The zero-order chi connectivity index (χ0) is 13.9. The second-order valence-corrected chi connectivity index (χ2v) is 4.63. The van der Waals surface area contributed by atoms with Gasteiger partial charge in [0.1, 0.15) is 5.70 Å². The third kappa shape index (κ3) is 2.28. The molecule has 1 fully saturated rings. The minimum Gasteiger partial charge on any atom is -0.379 e. The Morgan fingerprint density at radius 3 is 2.60 bits per heavy atom. The fraction of sp³-hybridized carbons (Fsp3) is 0.125. The smallest absolute Gasteiger partial charge is 0.267 e. The summed E-state index contributed by atoms with van der Waals surface area (Å²) in [6.07, 6.45) is 1.37. The fourth-order valence-electron chi connectivity index (χ4n) is 2.31. The van der Waals surface area contributed by atoms with E-state index in [0.29, 0.717) is 24.4 Å². The first kappa shape index (κ1) is 12.4. The Kier molecular flexibility index (Phi) is 3.21. The van der Waals surface area contributed by atoms with Gasteiger partial charge in [-0.05, 0) is 10.8 Å². The van der Waals surface area contributed by atoms with Crippen molar-refractivity contribution in [1.29, 1.82) is 0 Å². The van der Waals surface area contributed by atoms with Gasteiger partial charge in [0.25, 0.3) is 5.91 Å². The first-order chi connectivity index (χ1) is 9.75. The highest BCUT2D eigenvalue weighted by molar-refractivity contribution is 6.15. The Balaban J connectivity index is 2.01. The first-order valence-corrected chi connectivity index (χ1v) is 6.51. The van der Waals surface area contributed by atoms with Crippen molar-refractivity contribution in [3.05, 3.63) is 59.8 Å². The quantitative estimate of drug-likeness (QED) is 0.641. The van der Waals surface area contributed by atoms with Gasteiger partial charge < -0.3 is 10.6 Å². The average molecular weight is 266 g/mol. The van der Waals surface area contributed by atoms with E-state index in [9.17, 15) is 9.59 Å². The largest absolute Gasteiger partial charge is 0.379 e. The maximum Gasteiger partial charge on any atom is 0.267 e. The summed E-state index contributed by atoms with van der Waals surface area (Å²) in [6, 6.07) is 13.3. The van der Waals surface area contributed by atoms with E-state index in [1.54, 1.807) is 6.07 Å². The maximum atomic E-state index is 12.4. The summed E-state index contributed by atoms with van der Waals surface area (Å²) in [5.74, 6) is -0.397. The second kappa shape index (κ2) is 5.17. The normalized spacial score (nSPS) is 16.8. The Hall–Kier alpha value is -2.62. The van der Waals surface area contributed by atoms with E-state index in [2.05, 4.69) is 10.6 Å². The Morgan fingerprint density at radius 2 is 1.75 bits per heavy atom.